The van der Waals surface area contributed by atoms with Gasteiger partial charge in [-0.2, -0.15) is 0 Å². The van der Waals surface area contributed by atoms with Crippen LogP contribution >= 0.6 is 0 Å². The molecule has 198 valence electrons. The quantitative estimate of drug-likeness (QED) is 0.192. The van der Waals surface area contributed by atoms with E-state index >= 15 is 0 Å². The molecule has 0 bridgehead atoms. The van der Waals surface area contributed by atoms with Crippen molar-refractivity contribution < 1.29 is 4.57 Å². The molecule has 4 aromatic rings. The first-order valence-corrected chi connectivity index (χ1v) is 16.0. The van der Waals surface area contributed by atoms with Gasteiger partial charge in [0.1, 0.15) is 0 Å². The fourth-order valence-corrected chi connectivity index (χ4v) is 9.05. The van der Waals surface area contributed by atoms with Gasteiger partial charge in [0, 0.05) is 0 Å². The Morgan fingerprint density at radius 2 is 1.55 bits per heavy atom. The zero-order valence-corrected chi connectivity index (χ0v) is 27.0. The monoisotopic (exact) mass is 571 g/mol. The van der Waals surface area contributed by atoms with Gasteiger partial charge >= 0.3 is 238 Å². The second-order valence-electron chi connectivity index (χ2n) is 13.3. The Hall–Kier alpha value is -2.29. The minimum absolute atomic E-state index is 0.242. The topological polar surface area (TPSA) is 8.81 Å². The van der Waals surface area contributed by atoms with Gasteiger partial charge in [-0.05, 0) is 0 Å². The molecule has 2 nitrogen and oxygen atoms in total. The van der Waals surface area contributed by atoms with Crippen molar-refractivity contribution in [2.45, 2.75) is 87.5 Å². The number of aromatic nitrogens is 2. The maximum atomic E-state index is 2.62. The van der Waals surface area contributed by atoms with Gasteiger partial charge in [0.25, 0.3) is 0 Å². The van der Waals surface area contributed by atoms with Crippen LogP contribution in [0.5, 0.6) is 0 Å². The van der Waals surface area contributed by atoms with Crippen molar-refractivity contribution in [2.24, 2.45) is 12.5 Å². The van der Waals surface area contributed by atoms with Gasteiger partial charge in [0.15, 0.2) is 0 Å². The summed E-state index contributed by atoms with van der Waals surface area (Å²) in [6.45, 7) is 23.6. The maximum absolute atomic E-state index is 2.62. The molecule has 2 aromatic heterocycles. The van der Waals surface area contributed by atoms with E-state index in [9.17, 15) is 0 Å². The average molecular weight is 571 g/mol. The van der Waals surface area contributed by atoms with Gasteiger partial charge in [0.05, 0.1) is 0 Å². The van der Waals surface area contributed by atoms with Crippen LogP contribution in [0.3, 0.4) is 0 Å². The van der Waals surface area contributed by atoms with Crippen molar-refractivity contribution in [3.8, 4) is 15.9 Å². The molecule has 0 radical (unpaired) electrons. The molecular weight excluding hydrogens is 526 g/mol. The Labute approximate surface area is 236 Å². The molecule has 2 aromatic carbocycles. The molecule has 1 aliphatic heterocycles. The van der Waals surface area contributed by atoms with Crippen LogP contribution in [0, 0.1) is 26.2 Å². The van der Waals surface area contributed by atoms with Gasteiger partial charge in [0.2, 0.25) is 0 Å². The molecule has 0 N–H and O–H groups in total. The molecule has 1 aliphatic rings. The van der Waals surface area contributed by atoms with Crippen molar-refractivity contribution in [3.05, 3.63) is 74.8 Å². The Bertz CT molecular complexity index is 1500. The standard InChI is InChI=1S/C34H44BN2Se/c1-20(2)26-13-12-14-27(21(3)4)31(26)35-28-17-25(18-34(8,9)10)15-16-29(28)37-30(35)19-36(11)33(37)32-23(6)22(5)24(7)38-32/h12-17,19-21H,18H2,1-11H3/q+1. The van der Waals surface area contributed by atoms with Crippen LogP contribution in [0.25, 0.3) is 15.9 Å². The molecule has 4 heteroatoms. The zero-order chi connectivity index (χ0) is 27.7. The van der Waals surface area contributed by atoms with E-state index in [4.69, 9.17) is 0 Å². The summed E-state index contributed by atoms with van der Waals surface area (Å²) in [5.41, 5.74) is 13.4. The predicted molar refractivity (Wildman–Crippen MR) is 166 cm³/mol. The summed E-state index contributed by atoms with van der Waals surface area (Å²) in [4.78, 5) is 0. The van der Waals surface area contributed by atoms with Crippen molar-refractivity contribution in [3.63, 3.8) is 0 Å². The zero-order valence-electron chi connectivity index (χ0n) is 25.3. The molecule has 0 atom stereocenters. The van der Waals surface area contributed by atoms with Crippen molar-refractivity contribution in [1.82, 2.24) is 4.57 Å². The van der Waals surface area contributed by atoms with Crippen molar-refractivity contribution in [2.75, 3.05) is 0 Å². The summed E-state index contributed by atoms with van der Waals surface area (Å²) in [7, 11) is 2.25. The second kappa shape index (κ2) is 9.72. The third-order valence-corrected chi connectivity index (χ3v) is 11.1. The summed E-state index contributed by atoms with van der Waals surface area (Å²) in [6.07, 6.45) is 3.52. The summed E-state index contributed by atoms with van der Waals surface area (Å²) in [5, 5.41) is 0. The van der Waals surface area contributed by atoms with Crippen LogP contribution in [-0.4, -0.2) is 25.8 Å². The number of nitrogens with zero attached hydrogens (tertiary/aromatic N) is 2. The van der Waals surface area contributed by atoms with E-state index < -0.39 is 0 Å². The fourth-order valence-electron chi connectivity index (χ4n) is 6.44. The Morgan fingerprint density at radius 1 is 0.921 bits per heavy atom. The molecule has 3 heterocycles. The first kappa shape index (κ1) is 27.3. The number of imidazole rings is 1. The SMILES string of the molecule is Cc1[se]c(-c2n3c(c[n+]2C)B(c2c(C(C)C)cccc2C(C)C)c2cc(CC(C)(C)C)ccc2-3)c(C)c1C. The van der Waals surface area contributed by atoms with Gasteiger partial charge in [-0.3, -0.25) is 0 Å². The molecule has 0 aliphatic carbocycles. The molecule has 5 rings (SSSR count). The fraction of sp³-hybridized carbons (Fsp3) is 0.441. The van der Waals surface area contributed by atoms with Crippen LogP contribution in [0.15, 0.2) is 42.6 Å². The van der Waals surface area contributed by atoms with Gasteiger partial charge in [-0.25, -0.2) is 0 Å². The summed E-state index contributed by atoms with van der Waals surface area (Å²) >= 11 is 0.365. The number of aryl methyl sites for hydroxylation is 2. The van der Waals surface area contributed by atoms with Gasteiger partial charge in [-0.1, -0.05) is 0 Å². The summed E-state index contributed by atoms with van der Waals surface area (Å²) < 4.78 is 8.12. The summed E-state index contributed by atoms with van der Waals surface area (Å²) in [6, 6.07) is 14.4. The number of hydrogen-bond donors (Lipinski definition) is 0. The molecule has 0 spiro atoms. The number of hydrogen-bond acceptors (Lipinski definition) is 0. The van der Waals surface area contributed by atoms with Crippen molar-refractivity contribution >= 4 is 37.7 Å². The van der Waals surface area contributed by atoms with Gasteiger partial charge < -0.3 is 0 Å². The molecule has 0 unspecified atom stereocenters. The first-order chi connectivity index (χ1) is 17.8. The van der Waals surface area contributed by atoms with E-state index in [1.54, 1.807) is 4.44 Å². The van der Waals surface area contributed by atoms with E-state index in [1.165, 1.54) is 60.3 Å². The third kappa shape index (κ3) is 4.48. The van der Waals surface area contributed by atoms with Crippen LogP contribution in [-0.2, 0) is 13.5 Å². The molecule has 38 heavy (non-hydrogen) atoms. The normalized spacial score (nSPS) is 13.1. The Balaban J connectivity index is 1.86. The van der Waals surface area contributed by atoms with E-state index in [2.05, 4.69) is 128 Å². The third-order valence-electron chi connectivity index (χ3n) is 8.40. The number of fused-ring (bicyclic) bond motifs is 3. The number of rotatable bonds is 5. The number of benzene rings is 2. The Kier molecular flexibility index (Phi) is 6.98. The minimum atomic E-state index is 0.242. The molecule has 0 fully saturated rings. The summed E-state index contributed by atoms with van der Waals surface area (Å²) in [5.74, 6) is 2.31. The molecular formula is C34H44BN2Se+. The first-order valence-electron chi connectivity index (χ1n) is 14.2. The van der Waals surface area contributed by atoms with E-state index in [0.29, 0.717) is 26.3 Å². The van der Waals surface area contributed by atoms with Crippen LogP contribution in [0.4, 0.5) is 0 Å². The van der Waals surface area contributed by atoms with Gasteiger partial charge in [-0.15, -0.1) is 0 Å². The van der Waals surface area contributed by atoms with Crippen LogP contribution < -0.4 is 21.1 Å². The second-order valence-corrected chi connectivity index (χ2v) is 15.9. The van der Waals surface area contributed by atoms with E-state index in [-0.39, 0.29) is 12.1 Å². The van der Waals surface area contributed by atoms with E-state index in [0.717, 1.165) is 6.42 Å². The molecule has 0 saturated heterocycles. The molecule has 0 amide bonds. The van der Waals surface area contributed by atoms with Crippen molar-refractivity contribution in [1.29, 1.82) is 0 Å². The van der Waals surface area contributed by atoms with Crippen LogP contribution in [0.2, 0.25) is 0 Å². The van der Waals surface area contributed by atoms with Crippen LogP contribution in [0.1, 0.15) is 92.6 Å². The predicted octanol–water partition coefficient (Wildman–Crippen LogP) is 5.62. The average Bonchev–Trinajstić information content (AvgIpc) is 3.40. The Morgan fingerprint density at radius 3 is 2.08 bits per heavy atom. The van der Waals surface area contributed by atoms with E-state index in [1.807, 2.05) is 0 Å². The molecule has 0 saturated carbocycles.